The van der Waals surface area contributed by atoms with Crippen molar-refractivity contribution in [3.05, 3.63) is 58.1 Å². The van der Waals surface area contributed by atoms with Crippen LogP contribution in [0.25, 0.3) is 11.1 Å². The number of anilines is 1. The molecule has 2 aromatic carbocycles. The Morgan fingerprint density at radius 2 is 1.82 bits per heavy atom. The molecule has 0 atom stereocenters. The fourth-order valence-electron chi connectivity index (χ4n) is 2.26. The summed E-state index contributed by atoms with van der Waals surface area (Å²) in [4.78, 5) is 13.8. The molecular weight excluding hydrogens is 304 g/mol. The van der Waals surface area contributed by atoms with Gasteiger partial charge in [0.1, 0.15) is 0 Å². The third-order valence-electron chi connectivity index (χ3n) is 3.40. The molecule has 0 spiro atoms. The van der Waals surface area contributed by atoms with Crippen LogP contribution >= 0.6 is 0 Å². The van der Waals surface area contributed by atoms with Gasteiger partial charge in [0.25, 0.3) is 10.0 Å². The van der Waals surface area contributed by atoms with E-state index in [9.17, 15) is 13.2 Å². The first-order valence-corrected chi connectivity index (χ1v) is 8.07. The molecule has 0 aliphatic rings. The minimum absolute atomic E-state index is 0.0750. The number of H-pyrrole nitrogens is 1. The molecule has 3 rings (SSSR count). The Kier molecular flexibility index (Phi) is 3.29. The first-order valence-electron chi connectivity index (χ1n) is 6.59. The fourth-order valence-corrected chi connectivity index (χ4v) is 3.64. The highest BCUT2D eigenvalue weighted by molar-refractivity contribution is 7.92. The number of fused-ring (bicyclic) bond motifs is 1. The summed E-state index contributed by atoms with van der Waals surface area (Å²) in [5, 5.41) is 0. The molecule has 0 bridgehead atoms. The molecule has 0 aliphatic carbocycles. The summed E-state index contributed by atoms with van der Waals surface area (Å²) in [6.07, 6.45) is 0. The van der Waals surface area contributed by atoms with Crippen molar-refractivity contribution in [2.24, 2.45) is 0 Å². The number of benzene rings is 2. The van der Waals surface area contributed by atoms with Crippen LogP contribution in [0.2, 0.25) is 0 Å². The van der Waals surface area contributed by atoms with E-state index in [4.69, 9.17) is 4.42 Å². The zero-order valence-corrected chi connectivity index (χ0v) is 12.8. The first kappa shape index (κ1) is 14.4. The van der Waals surface area contributed by atoms with Gasteiger partial charge >= 0.3 is 5.76 Å². The lowest BCUT2D eigenvalue weighted by molar-refractivity contribution is 0.554. The third kappa shape index (κ3) is 2.50. The van der Waals surface area contributed by atoms with Crippen molar-refractivity contribution in [3.8, 4) is 0 Å². The molecule has 0 saturated heterocycles. The number of nitrogens with one attached hydrogen (secondary N) is 2. The SMILES string of the molecule is Cc1ccccc1NS(=O)(=O)c1cc2oc(=O)[nH]c2cc1C. The number of rotatable bonds is 3. The average Bonchev–Trinajstić information content (AvgIpc) is 2.79. The van der Waals surface area contributed by atoms with Crippen LogP contribution in [0.3, 0.4) is 0 Å². The van der Waals surface area contributed by atoms with Gasteiger partial charge in [-0.15, -0.1) is 0 Å². The standard InChI is InChI=1S/C15H14N2O4S/c1-9-5-3-4-6-11(9)17-22(19,20)14-8-13-12(7-10(14)2)16-15(18)21-13/h3-8,17H,1-2H3,(H,16,18). The lowest BCUT2D eigenvalue weighted by atomic mass is 10.2. The van der Waals surface area contributed by atoms with E-state index in [1.807, 2.05) is 19.1 Å². The van der Waals surface area contributed by atoms with Gasteiger partial charge in [0.15, 0.2) is 5.58 Å². The highest BCUT2D eigenvalue weighted by atomic mass is 32.2. The Bertz CT molecular complexity index is 1020. The number of aromatic amines is 1. The molecule has 3 aromatic rings. The van der Waals surface area contributed by atoms with E-state index >= 15 is 0 Å². The van der Waals surface area contributed by atoms with E-state index in [0.717, 1.165) is 5.56 Å². The fraction of sp³-hybridized carbons (Fsp3) is 0.133. The summed E-state index contributed by atoms with van der Waals surface area (Å²) in [7, 11) is -3.77. The maximum atomic E-state index is 12.6. The lowest BCUT2D eigenvalue weighted by Gasteiger charge is -2.12. The van der Waals surface area contributed by atoms with Crippen molar-refractivity contribution in [1.29, 1.82) is 0 Å². The average molecular weight is 318 g/mol. The number of oxazole rings is 1. The maximum Gasteiger partial charge on any atom is 0.417 e. The third-order valence-corrected chi connectivity index (χ3v) is 4.90. The van der Waals surface area contributed by atoms with Gasteiger partial charge in [-0.2, -0.15) is 0 Å². The zero-order chi connectivity index (χ0) is 15.9. The molecule has 0 radical (unpaired) electrons. The highest BCUT2D eigenvalue weighted by Crippen LogP contribution is 2.24. The van der Waals surface area contributed by atoms with Crippen LogP contribution < -0.4 is 10.5 Å². The Labute approximate surface area is 126 Å². The van der Waals surface area contributed by atoms with E-state index in [2.05, 4.69) is 9.71 Å². The number of aryl methyl sites for hydroxylation is 2. The zero-order valence-electron chi connectivity index (χ0n) is 12.0. The van der Waals surface area contributed by atoms with Crippen LogP contribution in [-0.4, -0.2) is 13.4 Å². The predicted molar refractivity (Wildman–Crippen MR) is 83.6 cm³/mol. The van der Waals surface area contributed by atoms with Crippen molar-refractivity contribution in [2.75, 3.05) is 4.72 Å². The van der Waals surface area contributed by atoms with Gasteiger partial charge in [-0.05, 0) is 37.1 Å². The largest absolute Gasteiger partial charge is 0.417 e. The molecule has 0 amide bonds. The summed E-state index contributed by atoms with van der Waals surface area (Å²) in [5.74, 6) is -0.615. The first-order chi connectivity index (χ1) is 10.4. The van der Waals surface area contributed by atoms with Gasteiger partial charge in [0.05, 0.1) is 16.1 Å². The summed E-state index contributed by atoms with van der Waals surface area (Å²) in [6.45, 7) is 3.48. The van der Waals surface area contributed by atoms with E-state index in [-0.39, 0.29) is 10.5 Å². The molecule has 114 valence electrons. The van der Waals surface area contributed by atoms with Gasteiger partial charge in [0, 0.05) is 6.07 Å². The molecule has 0 saturated carbocycles. The van der Waals surface area contributed by atoms with E-state index in [1.54, 1.807) is 25.1 Å². The Morgan fingerprint density at radius 3 is 2.55 bits per heavy atom. The molecular formula is C15H14N2O4S. The van der Waals surface area contributed by atoms with E-state index in [1.165, 1.54) is 6.07 Å². The number of hydrogen-bond acceptors (Lipinski definition) is 4. The van der Waals surface area contributed by atoms with Gasteiger partial charge in [-0.25, -0.2) is 13.2 Å². The number of aromatic nitrogens is 1. The van der Waals surface area contributed by atoms with Gasteiger partial charge in [-0.3, -0.25) is 9.71 Å². The highest BCUT2D eigenvalue weighted by Gasteiger charge is 2.20. The number of para-hydroxylation sites is 1. The molecule has 0 fully saturated rings. The lowest BCUT2D eigenvalue weighted by Crippen LogP contribution is -2.15. The minimum atomic E-state index is -3.77. The second-order valence-electron chi connectivity index (χ2n) is 5.05. The van der Waals surface area contributed by atoms with Crippen LogP contribution in [0.1, 0.15) is 11.1 Å². The van der Waals surface area contributed by atoms with Crippen molar-refractivity contribution >= 4 is 26.8 Å². The number of hydrogen-bond donors (Lipinski definition) is 2. The van der Waals surface area contributed by atoms with Crippen LogP contribution in [0, 0.1) is 13.8 Å². The van der Waals surface area contributed by atoms with Crippen LogP contribution in [0.5, 0.6) is 0 Å². The quantitative estimate of drug-likeness (QED) is 0.776. The van der Waals surface area contributed by atoms with Crippen molar-refractivity contribution in [3.63, 3.8) is 0 Å². The molecule has 0 unspecified atom stereocenters. The predicted octanol–water partition coefficient (Wildman–Crippen LogP) is 2.54. The molecule has 1 aromatic heterocycles. The minimum Gasteiger partial charge on any atom is -0.408 e. The van der Waals surface area contributed by atoms with E-state index in [0.29, 0.717) is 16.8 Å². The van der Waals surface area contributed by atoms with Crippen LogP contribution in [0.15, 0.2) is 50.5 Å². The van der Waals surface area contributed by atoms with Crippen molar-refractivity contribution in [2.45, 2.75) is 18.7 Å². The van der Waals surface area contributed by atoms with E-state index < -0.39 is 15.8 Å². The van der Waals surface area contributed by atoms with Gasteiger partial charge < -0.3 is 4.42 Å². The normalized spacial score (nSPS) is 11.7. The summed E-state index contributed by atoms with van der Waals surface area (Å²) >= 11 is 0. The van der Waals surface area contributed by atoms with Crippen molar-refractivity contribution in [1.82, 2.24) is 4.98 Å². The topological polar surface area (TPSA) is 92.2 Å². The molecule has 7 heteroatoms. The Hall–Kier alpha value is -2.54. The molecule has 2 N–H and O–H groups in total. The summed E-state index contributed by atoms with van der Waals surface area (Å²) < 4.78 is 32.7. The molecule has 1 heterocycles. The molecule has 22 heavy (non-hydrogen) atoms. The smallest absolute Gasteiger partial charge is 0.408 e. The maximum absolute atomic E-state index is 12.6. The second-order valence-corrected chi connectivity index (χ2v) is 6.70. The molecule has 0 aliphatic heterocycles. The van der Waals surface area contributed by atoms with Crippen LogP contribution in [0.4, 0.5) is 5.69 Å². The van der Waals surface area contributed by atoms with Crippen molar-refractivity contribution < 1.29 is 12.8 Å². The monoisotopic (exact) mass is 318 g/mol. The molecule has 6 nitrogen and oxygen atoms in total. The second kappa shape index (κ2) is 5.03. The van der Waals surface area contributed by atoms with Gasteiger partial charge in [-0.1, -0.05) is 18.2 Å². The summed E-state index contributed by atoms with van der Waals surface area (Å²) in [5.41, 5.74) is 2.53. The Morgan fingerprint density at radius 1 is 1.09 bits per heavy atom. The van der Waals surface area contributed by atoms with Gasteiger partial charge in [0.2, 0.25) is 0 Å². The van der Waals surface area contributed by atoms with Crippen LogP contribution in [-0.2, 0) is 10.0 Å². The summed E-state index contributed by atoms with van der Waals surface area (Å²) in [6, 6.07) is 10.0. The number of sulfonamides is 1. The Balaban J connectivity index is 2.10.